The predicted octanol–water partition coefficient (Wildman–Crippen LogP) is 3.74. The molecule has 110 valence electrons. The topological polar surface area (TPSA) is 85.5 Å². The van der Waals surface area contributed by atoms with E-state index in [1.165, 1.54) is 12.3 Å². The third-order valence-electron chi connectivity index (χ3n) is 2.65. The largest absolute Gasteiger partial charge is 0.432 e. The highest BCUT2D eigenvalue weighted by Crippen LogP contribution is 2.35. The highest BCUT2D eigenvalue weighted by atomic mass is 79.9. The van der Waals surface area contributed by atoms with E-state index in [4.69, 9.17) is 4.74 Å². The SMILES string of the molecule is C[C@H](O)c1ccc(Oc2cc(F)c(Br)cc2[N+](=O)[O-])nc1. The molecule has 0 fully saturated rings. The molecule has 2 rings (SSSR count). The first-order valence-electron chi connectivity index (χ1n) is 5.84. The second kappa shape index (κ2) is 6.15. The van der Waals surface area contributed by atoms with Crippen molar-refractivity contribution in [3.05, 3.63) is 56.4 Å². The summed E-state index contributed by atoms with van der Waals surface area (Å²) >= 11 is 2.88. The van der Waals surface area contributed by atoms with E-state index in [2.05, 4.69) is 20.9 Å². The minimum Gasteiger partial charge on any atom is -0.432 e. The van der Waals surface area contributed by atoms with E-state index in [1.807, 2.05) is 0 Å². The molecule has 0 spiro atoms. The summed E-state index contributed by atoms with van der Waals surface area (Å²) in [5.74, 6) is -0.876. The van der Waals surface area contributed by atoms with Crippen LogP contribution in [0.2, 0.25) is 0 Å². The molecule has 0 bridgehead atoms. The Morgan fingerprint density at radius 2 is 2.19 bits per heavy atom. The summed E-state index contributed by atoms with van der Waals surface area (Å²) < 4.78 is 18.7. The van der Waals surface area contributed by atoms with Gasteiger partial charge in [-0.25, -0.2) is 9.37 Å². The number of hydrogen-bond acceptors (Lipinski definition) is 5. The second-order valence-corrected chi connectivity index (χ2v) is 5.05. The molecule has 1 atom stereocenters. The molecule has 8 heteroatoms. The number of pyridine rings is 1. The van der Waals surface area contributed by atoms with E-state index in [9.17, 15) is 19.6 Å². The molecular weight excluding hydrogens is 347 g/mol. The van der Waals surface area contributed by atoms with Crippen LogP contribution in [0.3, 0.4) is 0 Å². The van der Waals surface area contributed by atoms with Crippen molar-refractivity contribution in [2.45, 2.75) is 13.0 Å². The van der Waals surface area contributed by atoms with Crippen molar-refractivity contribution in [1.29, 1.82) is 0 Å². The molecule has 1 N–H and O–H groups in total. The maximum absolute atomic E-state index is 13.5. The molecule has 0 aliphatic carbocycles. The second-order valence-electron chi connectivity index (χ2n) is 4.20. The molecule has 1 aromatic carbocycles. The Kier molecular flexibility index (Phi) is 4.49. The van der Waals surface area contributed by atoms with Crippen molar-refractivity contribution in [2.24, 2.45) is 0 Å². The summed E-state index contributed by atoms with van der Waals surface area (Å²) in [6.45, 7) is 1.58. The molecule has 0 radical (unpaired) electrons. The first-order valence-corrected chi connectivity index (χ1v) is 6.63. The quantitative estimate of drug-likeness (QED) is 0.666. The lowest BCUT2D eigenvalue weighted by Gasteiger charge is -2.08. The minimum absolute atomic E-state index is 0.0287. The molecule has 2 aromatic rings. The van der Waals surface area contributed by atoms with Crippen LogP contribution in [-0.4, -0.2) is 15.0 Å². The average molecular weight is 357 g/mol. The normalized spacial score (nSPS) is 12.0. The van der Waals surface area contributed by atoms with Crippen LogP contribution in [0.1, 0.15) is 18.6 Å². The maximum Gasteiger partial charge on any atom is 0.312 e. The zero-order valence-corrected chi connectivity index (χ0v) is 12.4. The van der Waals surface area contributed by atoms with Crippen molar-refractivity contribution in [3.8, 4) is 11.6 Å². The van der Waals surface area contributed by atoms with Crippen molar-refractivity contribution in [3.63, 3.8) is 0 Å². The molecule has 0 aliphatic heterocycles. The van der Waals surface area contributed by atoms with Crippen LogP contribution in [0.15, 0.2) is 34.9 Å². The summed E-state index contributed by atoms with van der Waals surface area (Å²) in [6, 6.07) is 4.93. The Morgan fingerprint density at radius 3 is 2.71 bits per heavy atom. The smallest absolute Gasteiger partial charge is 0.312 e. The van der Waals surface area contributed by atoms with Gasteiger partial charge in [0.1, 0.15) is 5.82 Å². The predicted molar refractivity (Wildman–Crippen MR) is 75.7 cm³/mol. The lowest BCUT2D eigenvalue weighted by molar-refractivity contribution is -0.385. The van der Waals surface area contributed by atoms with E-state index in [0.29, 0.717) is 5.56 Å². The van der Waals surface area contributed by atoms with Crippen LogP contribution in [0, 0.1) is 15.9 Å². The van der Waals surface area contributed by atoms with E-state index in [0.717, 1.165) is 12.1 Å². The standard InChI is InChI=1S/C13H10BrFN2O4/c1-7(18)8-2-3-13(16-6-8)21-12-5-10(15)9(14)4-11(12)17(19)20/h2-7,18H,1H3/t7-/m0/s1. The minimum atomic E-state index is -0.689. The van der Waals surface area contributed by atoms with Gasteiger partial charge in [-0.05, 0) is 34.5 Å². The molecular formula is C13H10BrFN2O4. The number of nitrogens with zero attached hydrogens (tertiary/aromatic N) is 2. The van der Waals surface area contributed by atoms with Gasteiger partial charge in [0.2, 0.25) is 11.6 Å². The van der Waals surface area contributed by atoms with Crippen LogP contribution in [0.25, 0.3) is 0 Å². The average Bonchev–Trinajstić information content (AvgIpc) is 2.43. The van der Waals surface area contributed by atoms with Gasteiger partial charge in [-0.1, -0.05) is 0 Å². The highest BCUT2D eigenvalue weighted by Gasteiger charge is 2.20. The fourth-order valence-electron chi connectivity index (χ4n) is 1.55. The van der Waals surface area contributed by atoms with E-state index < -0.39 is 16.8 Å². The molecule has 6 nitrogen and oxygen atoms in total. The lowest BCUT2D eigenvalue weighted by atomic mass is 10.2. The van der Waals surface area contributed by atoms with E-state index in [-0.39, 0.29) is 21.8 Å². The number of hydrogen-bond donors (Lipinski definition) is 1. The van der Waals surface area contributed by atoms with Gasteiger partial charge in [0, 0.05) is 24.4 Å². The Labute approximate surface area is 127 Å². The van der Waals surface area contributed by atoms with Gasteiger partial charge < -0.3 is 9.84 Å². The third-order valence-corrected chi connectivity index (χ3v) is 3.26. The first kappa shape index (κ1) is 15.3. The fourth-order valence-corrected chi connectivity index (χ4v) is 1.89. The molecule has 0 saturated heterocycles. The molecule has 0 saturated carbocycles. The number of benzene rings is 1. The Morgan fingerprint density at radius 1 is 1.48 bits per heavy atom. The van der Waals surface area contributed by atoms with Crippen molar-refractivity contribution in [1.82, 2.24) is 4.98 Å². The van der Waals surface area contributed by atoms with Crippen LogP contribution < -0.4 is 4.74 Å². The molecule has 0 unspecified atom stereocenters. The van der Waals surface area contributed by atoms with Gasteiger partial charge in [0.15, 0.2) is 0 Å². The van der Waals surface area contributed by atoms with Crippen molar-refractivity contribution < 1.29 is 19.2 Å². The number of aromatic nitrogens is 1. The molecule has 1 aromatic heterocycles. The summed E-state index contributed by atoms with van der Waals surface area (Å²) in [4.78, 5) is 14.2. The summed E-state index contributed by atoms with van der Waals surface area (Å²) in [6.07, 6.45) is 0.687. The Balaban J connectivity index is 2.34. The number of nitro benzene ring substituents is 1. The summed E-state index contributed by atoms with van der Waals surface area (Å²) in [7, 11) is 0. The van der Waals surface area contributed by atoms with Gasteiger partial charge >= 0.3 is 5.69 Å². The van der Waals surface area contributed by atoms with E-state index >= 15 is 0 Å². The molecule has 0 aliphatic rings. The number of ether oxygens (including phenoxy) is 1. The third kappa shape index (κ3) is 3.53. The molecule has 1 heterocycles. The fraction of sp³-hybridized carbons (Fsp3) is 0.154. The van der Waals surface area contributed by atoms with Gasteiger partial charge in [-0.2, -0.15) is 0 Å². The Bertz CT molecular complexity index is 677. The Hall–Kier alpha value is -2.06. The zero-order chi connectivity index (χ0) is 15.6. The van der Waals surface area contributed by atoms with Crippen molar-refractivity contribution >= 4 is 21.6 Å². The van der Waals surface area contributed by atoms with Crippen LogP contribution in [0.4, 0.5) is 10.1 Å². The zero-order valence-electron chi connectivity index (χ0n) is 10.8. The van der Waals surface area contributed by atoms with Crippen LogP contribution >= 0.6 is 15.9 Å². The van der Waals surface area contributed by atoms with Gasteiger partial charge in [-0.15, -0.1) is 0 Å². The first-order chi connectivity index (χ1) is 9.88. The maximum atomic E-state index is 13.5. The monoisotopic (exact) mass is 356 g/mol. The van der Waals surface area contributed by atoms with Crippen molar-refractivity contribution in [2.75, 3.05) is 0 Å². The van der Waals surface area contributed by atoms with Crippen LogP contribution in [0.5, 0.6) is 11.6 Å². The lowest BCUT2D eigenvalue weighted by Crippen LogP contribution is -1.97. The number of nitro groups is 1. The van der Waals surface area contributed by atoms with Gasteiger partial charge in [0.25, 0.3) is 0 Å². The molecule has 0 amide bonds. The van der Waals surface area contributed by atoms with Crippen LogP contribution in [-0.2, 0) is 0 Å². The number of rotatable bonds is 4. The number of halogens is 2. The van der Waals surface area contributed by atoms with Gasteiger partial charge in [-0.3, -0.25) is 10.1 Å². The highest BCUT2D eigenvalue weighted by molar-refractivity contribution is 9.10. The summed E-state index contributed by atoms with van der Waals surface area (Å²) in [5, 5.41) is 20.3. The number of aliphatic hydroxyl groups excluding tert-OH is 1. The van der Waals surface area contributed by atoms with E-state index in [1.54, 1.807) is 13.0 Å². The molecule has 21 heavy (non-hydrogen) atoms. The van der Waals surface area contributed by atoms with Gasteiger partial charge in [0.05, 0.1) is 15.5 Å². The summed E-state index contributed by atoms with van der Waals surface area (Å²) in [5.41, 5.74) is 0.184. The number of aliphatic hydroxyl groups is 1.